The Morgan fingerprint density at radius 3 is 3.00 bits per heavy atom. The van der Waals surface area contributed by atoms with Crippen molar-refractivity contribution in [1.82, 2.24) is 4.90 Å². The van der Waals surface area contributed by atoms with E-state index in [4.69, 9.17) is 4.74 Å². The first-order valence-corrected chi connectivity index (χ1v) is 4.83. The third kappa shape index (κ3) is 3.22. The molecule has 0 saturated carbocycles. The molecule has 0 aromatic heterocycles. The van der Waals surface area contributed by atoms with Crippen LogP contribution in [0.15, 0.2) is 0 Å². The predicted octanol–water partition coefficient (Wildman–Crippen LogP) is 0.990. The van der Waals surface area contributed by atoms with E-state index in [1.165, 1.54) is 0 Å². The first-order valence-electron chi connectivity index (χ1n) is 4.83. The van der Waals surface area contributed by atoms with Crippen molar-refractivity contribution in [3.05, 3.63) is 0 Å². The number of amides is 1. The molecule has 0 aromatic rings. The fourth-order valence-electron chi connectivity index (χ4n) is 1.48. The number of carbonyl (C=O) groups is 1. The van der Waals surface area contributed by atoms with E-state index in [-0.39, 0.29) is 12.2 Å². The molecule has 0 spiro atoms. The van der Waals surface area contributed by atoms with Gasteiger partial charge in [0, 0.05) is 13.1 Å². The summed E-state index contributed by atoms with van der Waals surface area (Å²) in [6, 6.07) is 0. The van der Waals surface area contributed by atoms with Crippen molar-refractivity contribution in [3.63, 3.8) is 0 Å². The third-order valence-corrected chi connectivity index (χ3v) is 2.22. The van der Waals surface area contributed by atoms with E-state index in [0.717, 1.165) is 12.8 Å². The van der Waals surface area contributed by atoms with Gasteiger partial charge in [-0.25, -0.2) is 4.79 Å². The van der Waals surface area contributed by atoms with Gasteiger partial charge in [0.05, 0.1) is 12.7 Å². The number of aliphatic hydroxyl groups excluding tert-OH is 1. The molecule has 1 rings (SSSR count). The zero-order valence-corrected chi connectivity index (χ0v) is 8.03. The van der Waals surface area contributed by atoms with Crippen LogP contribution in [0, 0.1) is 0 Å². The minimum atomic E-state index is -0.253. The molecule has 76 valence electrons. The molecule has 0 bridgehead atoms. The van der Waals surface area contributed by atoms with E-state index in [2.05, 4.69) is 0 Å². The Kier molecular flexibility index (Phi) is 4.02. The Labute approximate surface area is 78.5 Å². The number of carbonyl (C=O) groups excluding carboxylic acids is 1. The second-order valence-electron chi connectivity index (χ2n) is 3.27. The SMILES string of the molecule is CCOC(=O)N1CCC[C@H](O)CC1. The largest absolute Gasteiger partial charge is 0.450 e. The maximum absolute atomic E-state index is 11.3. The number of hydrogen-bond acceptors (Lipinski definition) is 3. The van der Waals surface area contributed by atoms with Gasteiger partial charge < -0.3 is 14.7 Å². The summed E-state index contributed by atoms with van der Waals surface area (Å²) in [6.07, 6.45) is 1.81. The van der Waals surface area contributed by atoms with Crippen LogP contribution in [0.1, 0.15) is 26.2 Å². The van der Waals surface area contributed by atoms with Crippen molar-refractivity contribution in [2.75, 3.05) is 19.7 Å². The molecule has 1 amide bonds. The van der Waals surface area contributed by atoms with E-state index >= 15 is 0 Å². The molecule has 0 radical (unpaired) electrons. The summed E-state index contributed by atoms with van der Waals surface area (Å²) in [5.74, 6) is 0. The predicted molar refractivity (Wildman–Crippen MR) is 48.5 cm³/mol. The van der Waals surface area contributed by atoms with Crippen molar-refractivity contribution >= 4 is 6.09 Å². The van der Waals surface area contributed by atoms with Gasteiger partial charge in [-0.1, -0.05) is 0 Å². The van der Waals surface area contributed by atoms with Crippen LogP contribution >= 0.6 is 0 Å². The topological polar surface area (TPSA) is 49.8 Å². The van der Waals surface area contributed by atoms with Crippen molar-refractivity contribution in [1.29, 1.82) is 0 Å². The fraction of sp³-hybridized carbons (Fsp3) is 0.889. The summed E-state index contributed by atoms with van der Waals surface area (Å²) in [7, 11) is 0. The summed E-state index contributed by atoms with van der Waals surface area (Å²) in [5.41, 5.74) is 0. The van der Waals surface area contributed by atoms with Gasteiger partial charge in [0.1, 0.15) is 0 Å². The van der Waals surface area contributed by atoms with Gasteiger partial charge in [0.25, 0.3) is 0 Å². The lowest BCUT2D eigenvalue weighted by Crippen LogP contribution is -2.32. The molecular formula is C9H17NO3. The van der Waals surface area contributed by atoms with Gasteiger partial charge in [-0.3, -0.25) is 0 Å². The molecule has 1 heterocycles. The Morgan fingerprint density at radius 1 is 1.54 bits per heavy atom. The molecule has 0 unspecified atom stereocenters. The van der Waals surface area contributed by atoms with Crippen LogP contribution in [-0.2, 0) is 4.74 Å². The number of ether oxygens (including phenoxy) is 1. The second kappa shape index (κ2) is 5.07. The van der Waals surface area contributed by atoms with Gasteiger partial charge >= 0.3 is 6.09 Å². The van der Waals surface area contributed by atoms with Crippen molar-refractivity contribution in [2.24, 2.45) is 0 Å². The lowest BCUT2D eigenvalue weighted by Gasteiger charge is -2.18. The fourth-order valence-corrected chi connectivity index (χ4v) is 1.48. The quantitative estimate of drug-likeness (QED) is 0.666. The molecule has 1 atom stereocenters. The summed E-state index contributed by atoms with van der Waals surface area (Å²) in [6.45, 7) is 3.53. The Bertz CT molecular complexity index is 172. The van der Waals surface area contributed by atoms with E-state index in [0.29, 0.717) is 26.1 Å². The Morgan fingerprint density at radius 2 is 2.31 bits per heavy atom. The third-order valence-electron chi connectivity index (χ3n) is 2.22. The molecule has 1 N–H and O–H groups in total. The number of hydrogen-bond donors (Lipinski definition) is 1. The minimum absolute atomic E-state index is 0.251. The van der Waals surface area contributed by atoms with Crippen LogP contribution < -0.4 is 0 Å². The van der Waals surface area contributed by atoms with Crippen LogP contribution in [0.5, 0.6) is 0 Å². The molecular weight excluding hydrogens is 170 g/mol. The first kappa shape index (κ1) is 10.3. The highest BCUT2D eigenvalue weighted by atomic mass is 16.6. The molecule has 0 aromatic carbocycles. The number of likely N-dealkylation sites (tertiary alicyclic amines) is 1. The molecule has 13 heavy (non-hydrogen) atoms. The normalized spacial score (nSPS) is 23.8. The molecule has 1 fully saturated rings. The maximum atomic E-state index is 11.3. The van der Waals surface area contributed by atoms with Gasteiger partial charge in [-0.05, 0) is 26.2 Å². The Balaban J connectivity index is 2.37. The minimum Gasteiger partial charge on any atom is -0.450 e. The number of nitrogens with zero attached hydrogens (tertiary/aromatic N) is 1. The lowest BCUT2D eigenvalue weighted by molar-refractivity contribution is 0.105. The smallest absolute Gasteiger partial charge is 0.409 e. The first-order chi connectivity index (χ1) is 6.24. The molecule has 1 saturated heterocycles. The highest BCUT2D eigenvalue weighted by Crippen LogP contribution is 2.11. The van der Waals surface area contributed by atoms with Crippen molar-refractivity contribution < 1.29 is 14.6 Å². The number of rotatable bonds is 1. The van der Waals surface area contributed by atoms with E-state index < -0.39 is 0 Å². The van der Waals surface area contributed by atoms with Crippen LogP contribution in [0.25, 0.3) is 0 Å². The highest BCUT2D eigenvalue weighted by molar-refractivity contribution is 5.67. The molecule has 4 heteroatoms. The zero-order chi connectivity index (χ0) is 9.68. The van der Waals surface area contributed by atoms with Crippen molar-refractivity contribution in [2.45, 2.75) is 32.3 Å². The summed E-state index contributed by atoms with van der Waals surface area (Å²) in [4.78, 5) is 12.9. The van der Waals surface area contributed by atoms with Crippen LogP contribution in [-0.4, -0.2) is 41.9 Å². The average molecular weight is 187 g/mol. The van der Waals surface area contributed by atoms with E-state index in [1.54, 1.807) is 11.8 Å². The molecule has 4 nitrogen and oxygen atoms in total. The number of aliphatic hydroxyl groups is 1. The molecule has 1 aliphatic rings. The van der Waals surface area contributed by atoms with E-state index in [1.807, 2.05) is 0 Å². The molecule has 1 aliphatic heterocycles. The second-order valence-corrected chi connectivity index (χ2v) is 3.27. The van der Waals surface area contributed by atoms with Gasteiger partial charge in [0.2, 0.25) is 0 Å². The van der Waals surface area contributed by atoms with E-state index in [9.17, 15) is 9.90 Å². The van der Waals surface area contributed by atoms with Gasteiger partial charge in [0.15, 0.2) is 0 Å². The highest BCUT2D eigenvalue weighted by Gasteiger charge is 2.19. The van der Waals surface area contributed by atoms with Gasteiger partial charge in [-0.15, -0.1) is 0 Å². The van der Waals surface area contributed by atoms with Crippen molar-refractivity contribution in [3.8, 4) is 0 Å². The Hall–Kier alpha value is -0.770. The summed E-state index contributed by atoms with van der Waals surface area (Å²) in [5, 5.41) is 9.34. The molecule has 0 aliphatic carbocycles. The monoisotopic (exact) mass is 187 g/mol. The summed E-state index contributed by atoms with van der Waals surface area (Å²) >= 11 is 0. The lowest BCUT2D eigenvalue weighted by atomic mass is 10.2. The summed E-state index contributed by atoms with van der Waals surface area (Å²) < 4.78 is 4.88. The zero-order valence-electron chi connectivity index (χ0n) is 8.03. The van der Waals surface area contributed by atoms with Gasteiger partial charge in [-0.2, -0.15) is 0 Å². The van der Waals surface area contributed by atoms with Crippen LogP contribution in [0.4, 0.5) is 4.79 Å². The maximum Gasteiger partial charge on any atom is 0.409 e. The average Bonchev–Trinajstić information content (AvgIpc) is 2.30. The van der Waals surface area contributed by atoms with Crippen LogP contribution in [0.2, 0.25) is 0 Å². The van der Waals surface area contributed by atoms with Crippen LogP contribution in [0.3, 0.4) is 0 Å². The standard InChI is InChI=1S/C9H17NO3/c1-2-13-9(12)10-6-3-4-8(11)5-7-10/h8,11H,2-7H2,1H3/t8-/m0/s1.